The highest BCUT2D eigenvalue weighted by atomic mass is 32.1. The Bertz CT molecular complexity index is 512. The first-order chi connectivity index (χ1) is 11.2. The zero-order valence-electron chi connectivity index (χ0n) is 14.5. The third-order valence-electron chi connectivity index (χ3n) is 4.23. The lowest BCUT2D eigenvalue weighted by atomic mass is 10.1. The molecule has 1 fully saturated rings. The number of morpholine rings is 1. The molecule has 0 aliphatic carbocycles. The maximum absolute atomic E-state index is 6.08. The summed E-state index contributed by atoms with van der Waals surface area (Å²) >= 11 is 5.70. The molecule has 0 spiro atoms. The monoisotopic (exact) mass is 336 g/mol. The van der Waals surface area contributed by atoms with Crippen molar-refractivity contribution in [3.8, 4) is 5.75 Å². The lowest BCUT2D eigenvalue weighted by molar-refractivity contribution is 0.0692. The van der Waals surface area contributed by atoms with E-state index in [1.165, 1.54) is 5.56 Å². The summed E-state index contributed by atoms with van der Waals surface area (Å²) in [5.41, 5.74) is 2.21. The van der Waals surface area contributed by atoms with Crippen molar-refractivity contribution in [1.29, 1.82) is 0 Å². The van der Waals surface area contributed by atoms with E-state index in [1.54, 1.807) is 0 Å². The Kier molecular flexibility index (Phi) is 7.27. The zero-order chi connectivity index (χ0) is 16.7. The Morgan fingerprint density at radius 1 is 1.26 bits per heavy atom. The van der Waals surface area contributed by atoms with Crippen molar-refractivity contribution in [3.63, 3.8) is 0 Å². The Balaban J connectivity index is 2.05. The SMILES string of the molecule is CCN(CC)CCOc1cc(C)ccc1C(=S)N1CCOCC1. The van der Waals surface area contributed by atoms with Crippen molar-refractivity contribution in [2.75, 3.05) is 52.5 Å². The number of aryl methyl sites for hydroxylation is 1. The third-order valence-corrected chi connectivity index (χ3v) is 4.70. The van der Waals surface area contributed by atoms with Gasteiger partial charge in [-0.1, -0.05) is 32.1 Å². The van der Waals surface area contributed by atoms with Gasteiger partial charge in [-0.3, -0.25) is 0 Å². The van der Waals surface area contributed by atoms with Gasteiger partial charge in [0.2, 0.25) is 0 Å². The van der Waals surface area contributed by atoms with Crippen molar-refractivity contribution in [1.82, 2.24) is 9.80 Å². The molecule has 0 unspecified atom stereocenters. The predicted molar refractivity (Wildman–Crippen MR) is 98.6 cm³/mol. The number of rotatable bonds is 7. The number of nitrogens with zero attached hydrogens (tertiary/aromatic N) is 2. The molecule has 1 aliphatic rings. The molecule has 1 aromatic rings. The van der Waals surface area contributed by atoms with E-state index in [2.05, 4.69) is 48.8 Å². The van der Waals surface area contributed by atoms with Crippen molar-refractivity contribution < 1.29 is 9.47 Å². The van der Waals surface area contributed by atoms with Gasteiger partial charge in [-0.05, 0) is 37.7 Å². The summed E-state index contributed by atoms with van der Waals surface area (Å²) in [6, 6.07) is 6.27. The third kappa shape index (κ3) is 5.16. The summed E-state index contributed by atoms with van der Waals surface area (Å²) < 4.78 is 11.5. The fraction of sp³-hybridized carbons (Fsp3) is 0.611. The summed E-state index contributed by atoms with van der Waals surface area (Å²) in [6.07, 6.45) is 0. The molecule has 0 atom stereocenters. The van der Waals surface area contributed by atoms with Crippen LogP contribution >= 0.6 is 12.2 Å². The van der Waals surface area contributed by atoms with Crippen LogP contribution in [-0.2, 0) is 4.74 Å². The first kappa shape index (κ1) is 18.2. The van der Waals surface area contributed by atoms with Crippen LogP contribution in [0.2, 0.25) is 0 Å². The van der Waals surface area contributed by atoms with Crippen LogP contribution in [0.25, 0.3) is 0 Å². The van der Waals surface area contributed by atoms with E-state index >= 15 is 0 Å². The Morgan fingerprint density at radius 2 is 1.96 bits per heavy atom. The van der Waals surface area contributed by atoms with E-state index in [-0.39, 0.29) is 0 Å². The quantitative estimate of drug-likeness (QED) is 0.713. The van der Waals surface area contributed by atoms with Gasteiger partial charge in [0.1, 0.15) is 17.3 Å². The minimum atomic E-state index is 0.684. The second-order valence-corrected chi connectivity index (χ2v) is 6.17. The molecule has 2 rings (SSSR count). The molecule has 1 aliphatic heterocycles. The summed E-state index contributed by atoms with van der Waals surface area (Å²) in [5.74, 6) is 0.897. The van der Waals surface area contributed by atoms with E-state index in [0.29, 0.717) is 6.61 Å². The first-order valence-electron chi connectivity index (χ1n) is 8.48. The van der Waals surface area contributed by atoms with Gasteiger partial charge >= 0.3 is 0 Å². The highest BCUT2D eigenvalue weighted by molar-refractivity contribution is 7.80. The van der Waals surface area contributed by atoms with Crippen LogP contribution in [0.5, 0.6) is 5.75 Å². The second kappa shape index (κ2) is 9.21. The number of benzene rings is 1. The molecule has 0 bridgehead atoms. The van der Waals surface area contributed by atoms with Gasteiger partial charge in [-0.15, -0.1) is 0 Å². The number of hydrogen-bond donors (Lipinski definition) is 0. The maximum Gasteiger partial charge on any atom is 0.129 e. The minimum absolute atomic E-state index is 0.684. The minimum Gasteiger partial charge on any atom is -0.492 e. The molecular weight excluding hydrogens is 308 g/mol. The average Bonchev–Trinajstić information content (AvgIpc) is 2.59. The first-order valence-corrected chi connectivity index (χ1v) is 8.89. The molecule has 1 saturated heterocycles. The van der Waals surface area contributed by atoms with Crippen LogP contribution in [0, 0.1) is 6.92 Å². The van der Waals surface area contributed by atoms with Crippen molar-refractivity contribution in [3.05, 3.63) is 29.3 Å². The van der Waals surface area contributed by atoms with Crippen molar-refractivity contribution in [2.45, 2.75) is 20.8 Å². The van der Waals surface area contributed by atoms with Gasteiger partial charge in [-0.2, -0.15) is 0 Å². The van der Waals surface area contributed by atoms with E-state index in [4.69, 9.17) is 21.7 Å². The molecule has 1 heterocycles. The Labute approximate surface area is 145 Å². The topological polar surface area (TPSA) is 24.9 Å². The average molecular weight is 337 g/mol. The molecule has 0 saturated carbocycles. The highest BCUT2D eigenvalue weighted by Crippen LogP contribution is 2.23. The smallest absolute Gasteiger partial charge is 0.129 e. The predicted octanol–water partition coefficient (Wildman–Crippen LogP) is 2.72. The van der Waals surface area contributed by atoms with Crippen LogP contribution < -0.4 is 4.74 Å². The lowest BCUT2D eigenvalue weighted by Crippen LogP contribution is -2.40. The summed E-state index contributed by atoms with van der Waals surface area (Å²) in [7, 11) is 0. The molecule has 0 aromatic heterocycles. The molecule has 5 heteroatoms. The van der Waals surface area contributed by atoms with Gasteiger partial charge in [0.15, 0.2) is 0 Å². The molecular formula is C18H28N2O2S. The van der Waals surface area contributed by atoms with Crippen molar-refractivity contribution >= 4 is 17.2 Å². The molecule has 0 radical (unpaired) electrons. The summed E-state index contributed by atoms with van der Waals surface area (Å²) in [6.45, 7) is 13.3. The largest absolute Gasteiger partial charge is 0.492 e. The van der Waals surface area contributed by atoms with Crippen LogP contribution in [0.4, 0.5) is 0 Å². The number of ether oxygens (including phenoxy) is 2. The maximum atomic E-state index is 6.08. The fourth-order valence-corrected chi connectivity index (χ4v) is 3.04. The molecule has 4 nitrogen and oxygen atoms in total. The van der Waals surface area contributed by atoms with E-state index in [1.807, 2.05) is 0 Å². The van der Waals surface area contributed by atoms with Gasteiger partial charge < -0.3 is 19.3 Å². The van der Waals surface area contributed by atoms with Crippen LogP contribution in [0.15, 0.2) is 18.2 Å². The summed E-state index contributed by atoms with van der Waals surface area (Å²) in [5, 5.41) is 0. The van der Waals surface area contributed by atoms with Gasteiger partial charge in [0, 0.05) is 19.6 Å². The van der Waals surface area contributed by atoms with Crippen LogP contribution in [-0.4, -0.2) is 67.3 Å². The molecule has 128 valence electrons. The molecule has 1 aromatic carbocycles. The van der Waals surface area contributed by atoms with Crippen molar-refractivity contribution in [2.24, 2.45) is 0 Å². The molecule has 0 N–H and O–H groups in total. The highest BCUT2D eigenvalue weighted by Gasteiger charge is 2.18. The Morgan fingerprint density at radius 3 is 2.61 bits per heavy atom. The van der Waals surface area contributed by atoms with E-state index in [9.17, 15) is 0 Å². The number of likely N-dealkylation sites (N-methyl/N-ethyl adjacent to an activating group) is 1. The Hall–Kier alpha value is -1.17. The number of thiocarbonyl (C=S) groups is 1. The van der Waals surface area contributed by atoms with Gasteiger partial charge in [-0.25, -0.2) is 0 Å². The normalized spacial score (nSPS) is 15.0. The molecule has 23 heavy (non-hydrogen) atoms. The second-order valence-electron chi connectivity index (χ2n) is 5.78. The fourth-order valence-electron chi connectivity index (χ4n) is 2.69. The van der Waals surface area contributed by atoms with Gasteiger partial charge in [0.05, 0.1) is 18.8 Å². The lowest BCUT2D eigenvalue weighted by Gasteiger charge is -2.30. The van der Waals surface area contributed by atoms with E-state index < -0.39 is 0 Å². The van der Waals surface area contributed by atoms with Gasteiger partial charge in [0.25, 0.3) is 0 Å². The van der Waals surface area contributed by atoms with Crippen LogP contribution in [0.3, 0.4) is 0 Å². The number of hydrogen-bond acceptors (Lipinski definition) is 4. The van der Waals surface area contributed by atoms with Crippen LogP contribution in [0.1, 0.15) is 25.0 Å². The molecule has 0 amide bonds. The van der Waals surface area contributed by atoms with E-state index in [0.717, 1.165) is 62.2 Å². The standard InChI is InChI=1S/C18H28N2O2S/c1-4-19(5-2)8-13-22-17-14-15(3)6-7-16(17)18(23)20-9-11-21-12-10-20/h6-7,14H,4-5,8-13H2,1-3H3. The summed E-state index contributed by atoms with van der Waals surface area (Å²) in [4.78, 5) is 5.43. The zero-order valence-corrected chi connectivity index (χ0v) is 15.3.